The number of pyridine rings is 2. The summed E-state index contributed by atoms with van der Waals surface area (Å²) in [6.07, 6.45) is 9.75. The van der Waals surface area contributed by atoms with E-state index < -0.39 is 0 Å². The highest BCUT2D eigenvalue weighted by Crippen LogP contribution is 2.33. The van der Waals surface area contributed by atoms with Crippen molar-refractivity contribution in [1.29, 1.82) is 5.41 Å². The van der Waals surface area contributed by atoms with E-state index >= 15 is 0 Å². The Balaban J connectivity index is 1.33. The van der Waals surface area contributed by atoms with Gasteiger partial charge in [-0.15, -0.1) is 0 Å². The summed E-state index contributed by atoms with van der Waals surface area (Å²) in [6.45, 7) is 0. The van der Waals surface area contributed by atoms with Gasteiger partial charge in [0.1, 0.15) is 6.20 Å². The molecule has 3 aromatic heterocycles. The Bertz CT molecular complexity index is 2140. The van der Waals surface area contributed by atoms with Crippen molar-refractivity contribution in [2.24, 2.45) is 0 Å². The fourth-order valence-corrected chi connectivity index (χ4v) is 5.69. The van der Waals surface area contributed by atoms with E-state index in [0.717, 1.165) is 72.6 Å². The van der Waals surface area contributed by atoms with Crippen LogP contribution in [0.2, 0.25) is 0 Å². The molecule has 3 aromatic carbocycles. The summed E-state index contributed by atoms with van der Waals surface area (Å²) >= 11 is 0. The molecule has 6 heteroatoms. The molecule has 43 heavy (non-hydrogen) atoms. The molecule has 2 aliphatic rings. The lowest BCUT2D eigenvalue weighted by atomic mass is 9.90. The van der Waals surface area contributed by atoms with Crippen LogP contribution in [0.3, 0.4) is 0 Å². The van der Waals surface area contributed by atoms with Crippen molar-refractivity contribution in [3.8, 4) is 22.8 Å². The number of fused-ring (bicyclic) bond motifs is 3. The van der Waals surface area contributed by atoms with Gasteiger partial charge < -0.3 is 5.41 Å². The molecule has 0 unspecified atom stereocenters. The second kappa shape index (κ2) is 10.2. The highest BCUT2D eigenvalue weighted by Gasteiger charge is 2.27. The molecule has 0 spiro atoms. The molecule has 0 saturated carbocycles. The lowest BCUT2D eigenvalue weighted by molar-refractivity contribution is -0.487. The van der Waals surface area contributed by atoms with Crippen LogP contribution in [0.15, 0.2) is 139 Å². The minimum absolute atomic E-state index is 0.491. The van der Waals surface area contributed by atoms with Crippen molar-refractivity contribution in [2.75, 3.05) is 0 Å². The zero-order valence-corrected chi connectivity index (χ0v) is 23.1. The molecule has 8 rings (SSSR count). The number of allylic oxidation sites excluding steroid dienone is 5. The predicted molar refractivity (Wildman–Crippen MR) is 172 cm³/mol. The van der Waals surface area contributed by atoms with Crippen LogP contribution in [0.1, 0.15) is 17.0 Å². The second-order valence-electron chi connectivity index (χ2n) is 10.5. The summed E-state index contributed by atoms with van der Waals surface area (Å²) in [7, 11) is 0. The molecule has 0 amide bonds. The third kappa shape index (κ3) is 4.47. The lowest BCUT2D eigenvalue weighted by Gasteiger charge is -2.20. The quantitative estimate of drug-likeness (QED) is 0.254. The van der Waals surface area contributed by atoms with Crippen LogP contribution in [-0.2, 0) is 0 Å². The van der Waals surface area contributed by atoms with E-state index in [0.29, 0.717) is 11.5 Å². The molecule has 6 aromatic rings. The van der Waals surface area contributed by atoms with Gasteiger partial charge in [-0.2, -0.15) is 0 Å². The third-order valence-corrected chi connectivity index (χ3v) is 7.83. The Morgan fingerprint density at radius 3 is 1.77 bits per heavy atom. The summed E-state index contributed by atoms with van der Waals surface area (Å²) in [5, 5.41) is 12.8. The van der Waals surface area contributed by atoms with Crippen molar-refractivity contribution >= 4 is 38.8 Å². The minimum Gasteiger partial charge on any atom is -0.300 e. The van der Waals surface area contributed by atoms with Gasteiger partial charge in [-0.25, -0.2) is 19.9 Å². The van der Waals surface area contributed by atoms with Crippen molar-refractivity contribution in [3.05, 3.63) is 156 Å². The van der Waals surface area contributed by atoms with Gasteiger partial charge >= 0.3 is 0 Å². The van der Waals surface area contributed by atoms with Crippen molar-refractivity contribution in [3.63, 3.8) is 0 Å². The predicted octanol–water partition coefficient (Wildman–Crippen LogP) is 6.73. The van der Waals surface area contributed by atoms with Gasteiger partial charge in [0.2, 0.25) is 0 Å². The highest BCUT2D eigenvalue weighted by molar-refractivity contribution is 6.14. The van der Waals surface area contributed by atoms with E-state index in [-0.39, 0.29) is 0 Å². The van der Waals surface area contributed by atoms with E-state index in [2.05, 4.69) is 47.9 Å². The molecule has 6 nitrogen and oxygen atoms in total. The smallest absolute Gasteiger partial charge is 0.166 e. The third-order valence-electron chi connectivity index (χ3n) is 7.83. The van der Waals surface area contributed by atoms with Crippen LogP contribution in [0.4, 0.5) is 0 Å². The Morgan fingerprint density at radius 1 is 0.535 bits per heavy atom. The standard InChI is InChI=1S/C37H24N6/c38-29-14-6-5-13-27(29)36-26-12-4-3-11-25(26)28(22-39-36)37-42-34(32-19-17-23-9-1-7-15-30(23)40-32)21-35(43-37)33-20-18-24-10-2-8-16-31(24)41-33/h1-22,38-39H/p+1/b36-27-,38-29?. The first-order valence-electron chi connectivity index (χ1n) is 14.2. The monoisotopic (exact) mass is 553 g/mol. The first-order valence-corrected chi connectivity index (χ1v) is 14.2. The number of hydrogen-bond donors (Lipinski definition) is 2. The van der Waals surface area contributed by atoms with E-state index in [1.165, 1.54) is 0 Å². The van der Waals surface area contributed by atoms with Gasteiger partial charge in [0.25, 0.3) is 0 Å². The maximum atomic E-state index is 8.52. The number of benzene rings is 3. The molecule has 0 bridgehead atoms. The van der Waals surface area contributed by atoms with Gasteiger partial charge in [0.15, 0.2) is 11.5 Å². The average molecular weight is 554 g/mol. The molecule has 0 radical (unpaired) electrons. The molecule has 4 heterocycles. The van der Waals surface area contributed by atoms with Crippen LogP contribution >= 0.6 is 0 Å². The fourth-order valence-electron chi connectivity index (χ4n) is 5.69. The zero-order valence-electron chi connectivity index (χ0n) is 23.1. The summed E-state index contributed by atoms with van der Waals surface area (Å²) in [5.41, 5.74) is 10.2. The highest BCUT2D eigenvalue weighted by atomic mass is 14.9. The van der Waals surface area contributed by atoms with Crippen molar-refractivity contribution < 1.29 is 5.32 Å². The van der Waals surface area contributed by atoms with Crippen LogP contribution in [0, 0.1) is 5.41 Å². The number of nitrogens with one attached hydrogen (secondary N) is 1. The number of nitrogens with two attached hydrogens (primary N) is 1. The molecule has 0 saturated heterocycles. The summed E-state index contributed by atoms with van der Waals surface area (Å²) < 4.78 is 0. The summed E-state index contributed by atoms with van der Waals surface area (Å²) in [5.74, 6) is 0.597. The molecule has 1 aliphatic heterocycles. The summed E-state index contributed by atoms with van der Waals surface area (Å²) in [4.78, 5) is 20.1. The second-order valence-corrected chi connectivity index (χ2v) is 10.5. The molecular weight excluding hydrogens is 528 g/mol. The van der Waals surface area contributed by atoms with E-state index in [1.807, 2.05) is 91.0 Å². The van der Waals surface area contributed by atoms with Gasteiger partial charge in [-0.1, -0.05) is 78.9 Å². The minimum atomic E-state index is 0.491. The number of hydrogen-bond acceptors (Lipinski definition) is 5. The molecule has 202 valence electrons. The van der Waals surface area contributed by atoms with Gasteiger partial charge in [-0.3, -0.25) is 5.32 Å². The molecule has 1 aliphatic carbocycles. The van der Waals surface area contributed by atoms with Crippen molar-refractivity contribution in [2.45, 2.75) is 0 Å². The molecular formula is C37H25N6+. The van der Waals surface area contributed by atoms with Crippen LogP contribution in [0.25, 0.3) is 55.9 Å². The molecule has 0 atom stereocenters. The maximum absolute atomic E-state index is 8.52. The Labute approximate surface area is 248 Å². The Hall–Kier alpha value is -5.85. The number of aromatic nitrogens is 4. The van der Waals surface area contributed by atoms with Crippen molar-refractivity contribution in [1.82, 2.24) is 19.9 Å². The zero-order chi connectivity index (χ0) is 28.8. The van der Waals surface area contributed by atoms with E-state index in [1.54, 1.807) is 0 Å². The maximum Gasteiger partial charge on any atom is 0.166 e. The van der Waals surface area contributed by atoms with Gasteiger partial charge in [-0.05, 0) is 48.6 Å². The number of para-hydroxylation sites is 2. The van der Waals surface area contributed by atoms with E-state index in [4.69, 9.17) is 25.3 Å². The SMILES string of the molecule is N=C1C=CC=C/C1=C1/[NH2+]C=C(c2nc(-c3ccc4ccccc4n3)cc(-c3ccc4ccccc4n3)n2)c2ccccc21. The fraction of sp³-hybridized carbons (Fsp3) is 0. The van der Waals surface area contributed by atoms with Gasteiger partial charge in [0, 0.05) is 21.9 Å². The van der Waals surface area contributed by atoms with Crippen LogP contribution in [0.5, 0.6) is 0 Å². The Morgan fingerprint density at radius 2 is 1.12 bits per heavy atom. The van der Waals surface area contributed by atoms with Crippen LogP contribution in [-0.4, -0.2) is 25.6 Å². The first kappa shape index (κ1) is 24.9. The number of quaternary nitrogens is 1. The Kier molecular flexibility index (Phi) is 5.91. The number of rotatable bonds is 3. The topological polar surface area (TPSA) is 92.0 Å². The summed E-state index contributed by atoms with van der Waals surface area (Å²) in [6, 6.07) is 34.6. The largest absolute Gasteiger partial charge is 0.300 e. The van der Waals surface area contributed by atoms with E-state index in [9.17, 15) is 0 Å². The molecule has 0 fully saturated rings. The average Bonchev–Trinajstić information content (AvgIpc) is 3.07. The first-order chi connectivity index (χ1) is 21.2. The molecule has 3 N–H and O–H groups in total. The van der Waals surface area contributed by atoms with Crippen LogP contribution < -0.4 is 5.32 Å². The number of nitrogens with zero attached hydrogens (tertiary/aromatic N) is 4. The normalized spacial score (nSPS) is 16.0. The van der Waals surface area contributed by atoms with Gasteiger partial charge in [0.05, 0.1) is 50.7 Å². The lowest BCUT2D eigenvalue weighted by Crippen LogP contribution is -2.76.